The molecule has 0 fully saturated rings. The minimum absolute atomic E-state index is 0.170. The van der Waals surface area contributed by atoms with Crippen molar-refractivity contribution >= 4 is 24.6 Å². The van der Waals surface area contributed by atoms with Gasteiger partial charge in [-0.05, 0) is 19.1 Å². The molecule has 0 saturated carbocycles. The third-order valence-corrected chi connectivity index (χ3v) is 4.47. The molecule has 2 aromatic heterocycles. The topological polar surface area (TPSA) is 125 Å². The van der Waals surface area contributed by atoms with E-state index in [0.717, 1.165) is 0 Å². The summed E-state index contributed by atoms with van der Waals surface area (Å²) in [7, 11) is -3.90. The zero-order valence-corrected chi connectivity index (χ0v) is 14.4. The van der Waals surface area contributed by atoms with Crippen LogP contribution in [-0.2, 0) is 9.30 Å². The second-order valence-electron chi connectivity index (χ2n) is 5.47. The van der Waals surface area contributed by atoms with E-state index in [0.29, 0.717) is 22.7 Å². The van der Waals surface area contributed by atoms with Gasteiger partial charge in [0, 0.05) is 0 Å². The third-order valence-electron chi connectivity index (χ3n) is 3.47. The second kappa shape index (κ2) is 7.18. The molecule has 3 aromatic rings. The molecule has 0 spiro atoms. The second-order valence-corrected chi connectivity index (χ2v) is 7.19. The normalized spacial score (nSPS) is 15.0. The van der Waals surface area contributed by atoms with E-state index in [1.165, 1.54) is 6.33 Å². The average molecular weight is 363 g/mol. The molecular formula is C15H18N5O4P. The Morgan fingerprint density at radius 3 is 2.80 bits per heavy atom. The van der Waals surface area contributed by atoms with E-state index >= 15 is 0 Å². The minimum Gasteiger partial charge on any atom is -0.423 e. The number of benzene rings is 1. The summed E-state index contributed by atoms with van der Waals surface area (Å²) in [5.74, 6) is 0.616. The summed E-state index contributed by atoms with van der Waals surface area (Å²) in [6.07, 6.45) is 2.53. The number of hydrogen-bond donors (Lipinski definition) is 2. The molecule has 1 aromatic carbocycles. The largest absolute Gasteiger partial charge is 0.423 e. The Balaban J connectivity index is 1.59. The van der Waals surface area contributed by atoms with Crippen LogP contribution in [0.2, 0.25) is 0 Å². The molecule has 0 saturated heterocycles. The molecule has 0 radical (unpaired) electrons. The number of aromatic nitrogens is 4. The highest BCUT2D eigenvalue weighted by Gasteiger charge is 2.22. The summed E-state index contributed by atoms with van der Waals surface area (Å²) < 4.78 is 24.3. The van der Waals surface area contributed by atoms with Crippen molar-refractivity contribution in [3.63, 3.8) is 0 Å². The highest BCUT2D eigenvalue weighted by atomic mass is 31.2. The van der Waals surface area contributed by atoms with Gasteiger partial charge in [0.1, 0.15) is 17.6 Å². The van der Waals surface area contributed by atoms with E-state index in [1.54, 1.807) is 41.2 Å². The van der Waals surface area contributed by atoms with E-state index in [4.69, 9.17) is 15.0 Å². The Hall–Kier alpha value is -2.48. The molecule has 0 aliphatic heterocycles. The van der Waals surface area contributed by atoms with E-state index in [9.17, 15) is 9.46 Å². The van der Waals surface area contributed by atoms with Gasteiger partial charge >= 0.3 is 7.60 Å². The number of ether oxygens (including phenoxy) is 1. The summed E-state index contributed by atoms with van der Waals surface area (Å²) in [6.45, 7) is 2.05. The number of nitrogens with two attached hydrogens (primary N) is 1. The smallest absolute Gasteiger partial charge is 0.402 e. The van der Waals surface area contributed by atoms with Crippen LogP contribution in [0.4, 0.5) is 5.82 Å². The average Bonchev–Trinajstić information content (AvgIpc) is 3.00. The molecule has 0 aliphatic carbocycles. The molecule has 3 rings (SSSR count). The van der Waals surface area contributed by atoms with Crippen molar-refractivity contribution in [1.29, 1.82) is 0 Å². The maximum absolute atomic E-state index is 12.1. The minimum atomic E-state index is -3.90. The fourth-order valence-electron chi connectivity index (χ4n) is 2.28. The van der Waals surface area contributed by atoms with Gasteiger partial charge in [0.05, 0.1) is 19.0 Å². The molecule has 2 heterocycles. The first-order chi connectivity index (χ1) is 12.0. The van der Waals surface area contributed by atoms with Crippen molar-refractivity contribution < 1.29 is 18.7 Å². The van der Waals surface area contributed by atoms with Gasteiger partial charge in [0.25, 0.3) is 0 Å². The Morgan fingerprint density at radius 2 is 2.04 bits per heavy atom. The van der Waals surface area contributed by atoms with Gasteiger partial charge in [-0.2, -0.15) is 0 Å². The van der Waals surface area contributed by atoms with Gasteiger partial charge in [0.15, 0.2) is 17.8 Å². The van der Waals surface area contributed by atoms with E-state index in [2.05, 4.69) is 15.0 Å². The Bertz CT molecular complexity index is 901. The van der Waals surface area contributed by atoms with Crippen molar-refractivity contribution in [2.75, 3.05) is 18.7 Å². The summed E-state index contributed by atoms with van der Waals surface area (Å²) in [5, 5.41) is 0. The Morgan fingerprint density at radius 1 is 1.28 bits per heavy atom. The predicted octanol–water partition coefficient (Wildman–Crippen LogP) is 2.21. The number of para-hydroxylation sites is 1. The lowest BCUT2D eigenvalue weighted by Crippen LogP contribution is -2.13. The van der Waals surface area contributed by atoms with E-state index in [1.807, 2.05) is 6.92 Å². The van der Waals surface area contributed by atoms with Crippen molar-refractivity contribution in [3.8, 4) is 5.75 Å². The van der Waals surface area contributed by atoms with E-state index in [-0.39, 0.29) is 12.6 Å². The molecule has 9 nitrogen and oxygen atoms in total. The van der Waals surface area contributed by atoms with Crippen LogP contribution < -0.4 is 10.3 Å². The first kappa shape index (κ1) is 17.3. The lowest BCUT2D eigenvalue weighted by molar-refractivity contribution is 0.131. The SMILES string of the molecule is CC(COCP(=O)(O)Oc1ccccc1)n1cnc2c(N)ncnc21. The molecule has 0 bridgehead atoms. The van der Waals surface area contributed by atoms with Crippen LogP contribution in [0, 0.1) is 0 Å². The molecule has 10 heteroatoms. The molecule has 25 heavy (non-hydrogen) atoms. The summed E-state index contributed by atoms with van der Waals surface area (Å²) in [4.78, 5) is 22.1. The molecular weight excluding hydrogens is 345 g/mol. The van der Waals surface area contributed by atoms with Crippen LogP contribution in [0.15, 0.2) is 43.0 Å². The lowest BCUT2D eigenvalue weighted by atomic mass is 10.3. The van der Waals surface area contributed by atoms with Crippen molar-refractivity contribution in [1.82, 2.24) is 19.5 Å². The number of nitrogens with zero attached hydrogens (tertiary/aromatic N) is 4. The van der Waals surface area contributed by atoms with Crippen molar-refractivity contribution in [3.05, 3.63) is 43.0 Å². The summed E-state index contributed by atoms with van der Waals surface area (Å²) in [6, 6.07) is 8.27. The van der Waals surface area contributed by atoms with Crippen molar-refractivity contribution in [2.24, 2.45) is 0 Å². The predicted molar refractivity (Wildman–Crippen MR) is 92.2 cm³/mol. The van der Waals surface area contributed by atoms with E-state index < -0.39 is 13.9 Å². The van der Waals surface area contributed by atoms with Gasteiger partial charge in [-0.25, -0.2) is 19.5 Å². The number of hydrogen-bond acceptors (Lipinski definition) is 7. The van der Waals surface area contributed by atoms with Gasteiger partial charge < -0.3 is 24.5 Å². The quantitative estimate of drug-likeness (QED) is 0.612. The van der Waals surface area contributed by atoms with Gasteiger partial charge in [-0.15, -0.1) is 0 Å². The maximum Gasteiger partial charge on any atom is 0.402 e. The number of anilines is 1. The highest BCUT2D eigenvalue weighted by molar-refractivity contribution is 7.53. The Labute approximate surface area is 144 Å². The summed E-state index contributed by atoms with van der Waals surface area (Å²) >= 11 is 0. The number of imidazole rings is 1. The van der Waals surface area contributed by atoms with Gasteiger partial charge in [0.2, 0.25) is 0 Å². The number of fused-ring (bicyclic) bond motifs is 1. The van der Waals surface area contributed by atoms with Crippen LogP contribution in [0.5, 0.6) is 5.75 Å². The zero-order valence-electron chi connectivity index (χ0n) is 13.5. The fraction of sp³-hybridized carbons (Fsp3) is 0.267. The first-order valence-corrected chi connectivity index (χ1v) is 9.30. The standard InChI is InChI=1S/C15H18N5O4P/c1-11(20-9-19-13-14(16)17-8-18-15(13)20)7-23-10-25(21,22)24-12-5-3-2-4-6-12/h2-6,8-9,11H,7,10H2,1H3,(H,21,22)(H2,16,17,18). The van der Waals surface area contributed by atoms with Crippen molar-refractivity contribution in [2.45, 2.75) is 13.0 Å². The van der Waals surface area contributed by atoms with Crippen LogP contribution >= 0.6 is 7.60 Å². The molecule has 2 unspecified atom stereocenters. The molecule has 3 N–H and O–H groups in total. The molecule has 132 valence electrons. The Kier molecular flexibility index (Phi) is 4.98. The number of nitrogen functional groups attached to an aromatic ring is 1. The van der Waals surface area contributed by atoms with Crippen LogP contribution in [0.3, 0.4) is 0 Å². The monoisotopic (exact) mass is 363 g/mol. The maximum atomic E-state index is 12.1. The van der Waals surface area contributed by atoms with Gasteiger partial charge in [-0.1, -0.05) is 18.2 Å². The number of rotatable bonds is 7. The van der Waals surface area contributed by atoms with Crippen LogP contribution in [-0.4, -0.2) is 37.4 Å². The first-order valence-electron chi connectivity index (χ1n) is 7.53. The lowest BCUT2D eigenvalue weighted by Gasteiger charge is -2.17. The molecule has 0 aliphatic rings. The summed E-state index contributed by atoms with van der Waals surface area (Å²) in [5.41, 5.74) is 6.84. The highest BCUT2D eigenvalue weighted by Crippen LogP contribution is 2.42. The molecule has 2 atom stereocenters. The zero-order chi connectivity index (χ0) is 17.9. The van der Waals surface area contributed by atoms with Gasteiger partial charge in [-0.3, -0.25) is 0 Å². The third kappa shape index (κ3) is 4.14. The van der Waals surface area contributed by atoms with Crippen LogP contribution in [0.1, 0.15) is 13.0 Å². The molecule has 0 amide bonds. The van der Waals surface area contributed by atoms with Crippen LogP contribution in [0.25, 0.3) is 11.2 Å². The fourth-order valence-corrected chi connectivity index (χ4v) is 3.12.